The maximum atomic E-state index is 6.60. The summed E-state index contributed by atoms with van der Waals surface area (Å²) in [4.78, 5) is 2.37. The fraction of sp³-hybridized carbons (Fsp3) is 0.455. The van der Waals surface area contributed by atoms with Gasteiger partial charge in [-0.2, -0.15) is 0 Å². The number of piperidine rings is 1. The maximum absolute atomic E-state index is 6.60. The highest BCUT2D eigenvalue weighted by Crippen LogP contribution is 2.51. The molecular formula is C22H28BNO3. The largest absolute Gasteiger partial charge is 0.640 e. The normalized spacial score (nSPS) is 29.0. The summed E-state index contributed by atoms with van der Waals surface area (Å²) >= 11 is 0. The topological polar surface area (TPSA) is 30.9 Å². The van der Waals surface area contributed by atoms with Gasteiger partial charge in [0, 0.05) is 25.1 Å². The third-order valence-corrected chi connectivity index (χ3v) is 5.68. The van der Waals surface area contributed by atoms with Crippen LogP contribution in [0.1, 0.15) is 37.5 Å². The van der Waals surface area contributed by atoms with Crippen LogP contribution in [0.2, 0.25) is 0 Å². The number of likely N-dealkylation sites (tertiary alicyclic amines) is 1. The summed E-state index contributed by atoms with van der Waals surface area (Å²) in [5.41, 5.74) is 1.98. The van der Waals surface area contributed by atoms with Gasteiger partial charge >= 0.3 is 7.32 Å². The van der Waals surface area contributed by atoms with E-state index in [2.05, 4.69) is 66.5 Å². The lowest BCUT2D eigenvalue weighted by Crippen LogP contribution is -2.60. The van der Waals surface area contributed by atoms with Gasteiger partial charge in [-0.05, 0) is 38.4 Å². The lowest BCUT2D eigenvalue weighted by molar-refractivity contribution is -0.175. The molecule has 2 aromatic rings. The zero-order valence-corrected chi connectivity index (χ0v) is 16.4. The molecule has 27 heavy (non-hydrogen) atoms. The fourth-order valence-corrected chi connectivity index (χ4v) is 4.40. The molecule has 2 saturated heterocycles. The minimum absolute atomic E-state index is 0.0297. The van der Waals surface area contributed by atoms with Crippen LogP contribution < -0.4 is 0 Å². The van der Waals surface area contributed by atoms with Gasteiger partial charge in [0.15, 0.2) is 0 Å². The summed E-state index contributed by atoms with van der Waals surface area (Å²) in [6, 6.07) is 21.1. The Hall–Kier alpha value is -1.66. The smallest absolute Gasteiger partial charge is 0.384 e. The van der Waals surface area contributed by atoms with E-state index in [1.165, 1.54) is 11.1 Å². The third-order valence-electron chi connectivity index (χ3n) is 5.68. The second-order valence-electron chi connectivity index (χ2n) is 7.93. The maximum Gasteiger partial charge on any atom is 0.640 e. The Kier molecular flexibility index (Phi) is 5.37. The molecule has 5 heteroatoms. The first-order valence-electron chi connectivity index (χ1n) is 9.86. The molecule has 4 rings (SSSR count). The molecule has 0 aliphatic carbocycles. The van der Waals surface area contributed by atoms with E-state index in [9.17, 15) is 0 Å². The molecule has 2 aromatic carbocycles. The van der Waals surface area contributed by atoms with E-state index >= 15 is 0 Å². The van der Waals surface area contributed by atoms with Crippen LogP contribution in [0.5, 0.6) is 0 Å². The van der Waals surface area contributed by atoms with Gasteiger partial charge in [0.1, 0.15) is 0 Å². The second kappa shape index (κ2) is 7.76. The molecule has 2 aliphatic rings. The molecule has 142 valence electrons. The lowest BCUT2D eigenvalue weighted by Gasteiger charge is -2.54. The van der Waals surface area contributed by atoms with Crippen molar-refractivity contribution in [1.82, 2.24) is 4.90 Å². The van der Waals surface area contributed by atoms with Crippen molar-refractivity contribution < 1.29 is 14.0 Å². The number of hydrogen-bond donors (Lipinski definition) is 0. The van der Waals surface area contributed by atoms with Crippen LogP contribution >= 0.6 is 0 Å². The van der Waals surface area contributed by atoms with Crippen LogP contribution in [0.25, 0.3) is 0 Å². The number of hydrogen-bond acceptors (Lipinski definition) is 4. The molecule has 4 nitrogen and oxygen atoms in total. The van der Waals surface area contributed by atoms with Crippen molar-refractivity contribution in [3.63, 3.8) is 0 Å². The highest BCUT2D eigenvalue weighted by atomic mass is 16.8. The number of rotatable bonds is 4. The molecule has 2 heterocycles. The summed E-state index contributed by atoms with van der Waals surface area (Å²) in [7, 11) is 1.50. The first-order valence-corrected chi connectivity index (χ1v) is 9.86. The Balaban J connectivity index is 1.79. The minimum Gasteiger partial charge on any atom is -0.384 e. The van der Waals surface area contributed by atoms with Gasteiger partial charge in [0.05, 0.1) is 11.7 Å². The second-order valence-corrected chi connectivity index (χ2v) is 7.93. The number of benzene rings is 2. The predicted octanol–water partition coefficient (Wildman–Crippen LogP) is 4.03. The molecule has 0 N–H and O–H groups in total. The van der Waals surface area contributed by atoms with Crippen molar-refractivity contribution >= 4 is 7.32 Å². The van der Waals surface area contributed by atoms with Gasteiger partial charge in [0.2, 0.25) is 0 Å². The van der Waals surface area contributed by atoms with Crippen molar-refractivity contribution in [2.75, 3.05) is 20.1 Å². The average Bonchev–Trinajstić information content (AvgIpc) is 2.69. The lowest BCUT2D eigenvalue weighted by atomic mass is 9.69. The highest BCUT2D eigenvalue weighted by Gasteiger charge is 2.56. The minimum atomic E-state index is -0.671. The van der Waals surface area contributed by atoms with Crippen molar-refractivity contribution in [2.45, 2.75) is 38.1 Å². The molecular weight excluding hydrogens is 337 g/mol. The van der Waals surface area contributed by atoms with E-state index in [1.54, 1.807) is 0 Å². The van der Waals surface area contributed by atoms with Crippen LogP contribution in [-0.4, -0.2) is 38.5 Å². The van der Waals surface area contributed by atoms with E-state index in [1.807, 2.05) is 19.9 Å². The molecule has 3 unspecified atom stereocenters. The van der Waals surface area contributed by atoms with Crippen LogP contribution in [0.15, 0.2) is 60.7 Å². The number of fused-ring (bicyclic) bond motifs is 1. The number of nitrogens with zero attached hydrogens (tertiary/aromatic N) is 1. The Morgan fingerprint density at radius 3 is 2.41 bits per heavy atom. The van der Waals surface area contributed by atoms with E-state index < -0.39 is 12.9 Å². The molecule has 0 radical (unpaired) electrons. The molecule has 2 fully saturated rings. The molecule has 0 aromatic heterocycles. The van der Waals surface area contributed by atoms with Gasteiger partial charge in [-0.25, -0.2) is 0 Å². The predicted molar refractivity (Wildman–Crippen MR) is 107 cm³/mol. The molecule has 0 amide bonds. The highest BCUT2D eigenvalue weighted by molar-refractivity contribution is 6.37. The summed E-state index contributed by atoms with van der Waals surface area (Å²) in [5, 5.41) is 0. The molecule has 0 saturated carbocycles. The molecule has 0 bridgehead atoms. The molecule has 0 spiro atoms. The van der Waals surface area contributed by atoms with E-state index in [-0.39, 0.29) is 18.1 Å². The standard InChI is InChI=1S/C22H28BNO3/c1-17(2)25-23-26-21(18-10-6-4-7-11-18)20-16-24(3)15-14-22(20,27-23)19-12-8-5-9-13-19/h4-13,17,20-21H,14-16H2,1-3H3. The van der Waals surface area contributed by atoms with Crippen molar-refractivity contribution in [1.29, 1.82) is 0 Å². The first kappa shape index (κ1) is 18.7. The first-order chi connectivity index (χ1) is 13.1. The Morgan fingerprint density at radius 1 is 1.07 bits per heavy atom. The van der Waals surface area contributed by atoms with E-state index in [4.69, 9.17) is 14.0 Å². The quantitative estimate of drug-likeness (QED) is 0.766. The summed E-state index contributed by atoms with van der Waals surface area (Å²) in [6.45, 7) is 5.94. The Morgan fingerprint density at radius 2 is 1.74 bits per heavy atom. The Labute approximate surface area is 162 Å². The van der Waals surface area contributed by atoms with Crippen molar-refractivity contribution in [2.24, 2.45) is 5.92 Å². The average molecular weight is 365 g/mol. The summed E-state index contributed by atoms with van der Waals surface area (Å²) in [6.07, 6.45) is 0.872. The SMILES string of the molecule is CC(C)OB1OC(c2ccccc2)C2CN(C)CCC2(c2ccccc2)O1. The van der Waals surface area contributed by atoms with Gasteiger partial charge in [-0.15, -0.1) is 0 Å². The van der Waals surface area contributed by atoms with Crippen LogP contribution in [0.4, 0.5) is 0 Å². The molecule has 3 atom stereocenters. The van der Waals surface area contributed by atoms with Gasteiger partial charge < -0.3 is 18.9 Å². The van der Waals surface area contributed by atoms with Gasteiger partial charge in [-0.1, -0.05) is 60.7 Å². The van der Waals surface area contributed by atoms with Gasteiger partial charge in [-0.3, -0.25) is 0 Å². The third kappa shape index (κ3) is 3.70. The Bertz CT molecular complexity index is 742. The molecule has 2 aliphatic heterocycles. The summed E-state index contributed by atoms with van der Waals surface area (Å²) < 4.78 is 19.0. The van der Waals surface area contributed by atoms with Crippen LogP contribution in [-0.2, 0) is 19.6 Å². The van der Waals surface area contributed by atoms with Crippen molar-refractivity contribution in [3.8, 4) is 0 Å². The van der Waals surface area contributed by atoms with E-state index in [0.29, 0.717) is 0 Å². The zero-order valence-electron chi connectivity index (χ0n) is 16.4. The summed E-state index contributed by atoms with van der Waals surface area (Å²) in [5.74, 6) is 0.188. The van der Waals surface area contributed by atoms with Crippen LogP contribution in [0.3, 0.4) is 0 Å². The van der Waals surface area contributed by atoms with Gasteiger partial charge in [0.25, 0.3) is 0 Å². The fourth-order valence-electron chi connectivity index (χ4n) is 4.40. The van der Waals surface area contributed by atoms with Crippen molar-refractivity contribution in [3.05, 3.63) is 71.8 Å². The van der Waals surface area contributed by atoms with Crippen LogP contribution in [0, 0.1) is 5.92 Å². The zero-order chi connectivity index (χ0) is 18.9. The monoisotopic (exact) mass is 365 g/mol. The van der Waals surface area contributed by atoms with E-state index in [0.717, 1.165) is 19.5 Å².